The summed E-state index contributed by atoms with van der Waals surface area (Å²) in [5.74, 6) is 0. The zero-order valence-corrected chi connectivity index (χ0v) is 7.88. The maximum absolute atomic E-state index is 5.41. The standard InChI is InChI=1S/C9H17N3/c1-8-7-9(12(2)11-8)5-3-4-6-10/h7H,3-6,10H2,1-2H3. The van der Waals surface area contributed by atoms with Crippen molar-refractivity contribution in [1.82, 2.24) is 9.78 Å². The first kappa shape index (κ1) is 9.26. The van der Waals surface area contributed by atoms with Gasteiger partial charge < -0.3 is 5.73 Å². The van der Waals surface area contributed by atoms with E-state index in [0.717, 1.165) is 31.5 Å². The normalized spacial score (nSPS) is 10.6. The average molecular weight is 167 g/mol. The van der Waals surface area contributed by atoms with Gasteiger partial charge in [0.05, 0.1) is 5.69 Å². The third-order valence-corrected chi connectivity index (χ3v) is 1.99. The molecular formula is C9H17N3. The first-order valence-corrected chi connectivity index (χ1v) is 4.43. The van der Waals surface area contributed by atoms with E-state index in [9.17, 15) is 0 Å². The van der Waals surface area contributed by atoms with Gasteiger partial charge in [-0.3, -0.25) is 4.68 Å². The second kappa shape index (κ2) is 4.26. The van der Waals surface area contributed by atoms with Crippen LogP contribution in [0.1, 0.15) is 24.2 Å². The molecule has 0 aromatic carbocycles. The first-order valence-electron chi connectivity index (χ1n) is 4.43. The van der Waals surface area contributed by atoms with Crippen LogP contribution in [0.15, 0.2) is 6.07 Å². The minimum Gasteiger partial charge on any atom is -0.330 e. The Morgan fingerprint density at radius 1 is 1.50 bits per heavy atom. The summed E-state index contributed by atoms with van der Waals surface area (Å²) in [6, 6.07) is 2.14. The number of nitrogens with two attached hydrogens (primary N) is 1. The highest BCUT2D eigenvalue weighted by Gasteiger charge is 2.00. The fourth-order valence-electron chi connectivity index (χ4n) is 1.35. The Hall–Kier alpha value is -0.830. The summed E-state index contributed by atoms with van der Waals surface area (Å²) in [5, 5.41) is 4.28. The van der Waals surface area contributed by atoms with E-state index in [0.29, 0.717) is 0 Å². The number of unbranched alkanes of at least 4 members (excludes halogenated alkanes) is 1. The molecule has 0 spiro atoms. The Morgan fingerprint density at radius 2 is 2.25 bits per heavy atom. The molecule has 1 rings (SSSR count). The second-order valence-corrected chi connectivity index (χ2v) is 3.15. The quantitative estimate of drug-likeness (QED) is 0.680. The molecule has 1 aromatic heterocycles. The lowest BCUT2D eigenvalue weighted by Gasteiger charge is -1.99. The van der Waals surface area contributed by atoms with Crippen molar-refractivity contribution in [2.75, 3.05) is 6.54 Å². The molecule has 0 fully saturated rings. The van der Waals surface area contributed by atoms with E-state index in [1.807, 2.05) is 18.7 Å². The van der Waals surface area contributed by atoms with Crippen molar-refractivity contribution in [2.24, 2.45) is 12.8 Å². The molecule has 0 bridgehead atoms. The summed E-state index contributed by atoms with van der Waals surface area (Å²) in [6.45, 7) is 2.81. The lowest BCUT2D eigenvalue weighted by atomic mass is 10.2. The van der Waals surface area contributed by atoms with Gasteiger partial charge in [-0.1, -0.05) is 0 Å². The van der Waals surface area contributed by atoms with Crippen molar-refractivity contribution in [3.05, 3.63) is 17.5 Å². The van der Waals surface area contributed by atoms with Gasteiger partial charge in [0.2, 0.25) is 0 Å². The average Bonchev–Trinajstić information content (AvgIpc) is 2.31. The van der Waals surface area contributed by atoms with Crippen molar-refractivity contribution in [1.29, 1.82) is 0 Å². The highest BCUT2D eigenvalue weighted by atomic mass is 15.3. The van der Waals surface area contributed by atoms with Crippen LogP contribution in [-0.2, 0) is 13.5 Å². The minimum absolute atomic E-state index is 0.789. The van der Waals surface area contributed by atoms with Gasteiger partial charge in [-0.05, 0) is 38.8 Å². The SMILES string of the molecule is Cc1cc(CCCCN)n(C)n1. The number of hydrogen-bond donors (Lipinski definition) is 1. The van der Waals surface area contributed by atoms with Crippen LogP contribution in [0.3, 0.4) is 0 Å². The summed E-state index contributed by atoms with van der Waals surface area (Å²) in [4.78, 5) is 0. The van der Waals surface area contributed by atoms with Crippen LogP contribution >= 0.6 is 0 Å². The fourth-order valence-corrected chi connectivity index (χ4v) is 1.35. The Bertz CT molecular complexity index is 240. The third kappa shape index (κ3) is 2.34. The van der Waals surface area contributed by atoms with Gasteiger partial charge in [-0.25, -0.2) is 0 Å². The van der Waals surface area contributed by atoms with Gasteiger partial charge in [0.1, 0.15) is 0 Å². The van der Waals surface area contributed by atoms with Gasteiger partial charge in [-0.2, -0.15) is 5.10 Å². The van der Waals surface area contributed by atoms with Crippen molar-refractivity contribution in [2.45, 2.75) is 26.2 Å². The maximum Gasteiger partial charge on any atom is 0.0596 e. The molecule has 0 atom stereocenters. The molecule has 2 N–H and O–H groups in total. The molecule has 0 saturated heterocycles. The van der Waals surface area contributed by atoms with Gasteiger partial charge in [-0.15, -0.1) is 0 Å². The molecular weight excluding hydrogens is 150 g/mol. The number of rotatable bonds is 4. The predicted octanol–water partition coefficient (Wildman–Crippen LogP) is 1.01. The van der Waals surface area contributed by atoms with E-state index < -0.39 is 0 Å². The van der Waals surface area contributed by atoms with Crippen LogP contribution in [0.4, 0.5) is 0 Å². The summed E-state index contributed by atoms with van der Waals surface area (Å²) in [5.41, 5.74) is 7.82. The lowest BCUT2D eigenvalue weighted by Crippen LogP contribution is -2.02. The molecule has 1 aromatic rings. The van der Waals surface area contributed by atoms with Gasteiger partial charge in [0.15, 0.2) is 0 Å². The second-order valence-electron chi connectivity index (χ2n) is 3.15. The molecule has 0 radical (unpaired) electrons. The summed E-state index contributed by atoms with van der Waals surface area (Å²) >= 11 is 0. The van der Waals surface area contributed by atoms with E-state index in [-0.39, 0.29) is 0 Å². The Morgan fingerprint density at radius 3 is 2.75 bits per heavy atom. The van der Waals surface area contributed by atoms with Crippen molar-refractivity contribution < 1.29 is 0 Å². The molecule has 0 aliphatic heterocycles. The number of aryl methyl sites for hydroxylation is 3. The van der Waals surface area contributed by atoms with Crippen LogP contribution < -0.4 is 5.73 Å². The predicted molar refractivity (Wildman–Crippen MR) is 49.9 cm³/mol. The third-order valence-electron chi connectivity index (χ3n) is 1.99. The monoisotopic (exact) mass is 167 g/mol. The van der Waals surface area contributed by atoms with Gasteiger partial charge in [0, 0.05) is 12.7 Å². The number of nitrogens with zero attached hydrogens (tertiary/aromatic N) is 2. The Labute approximate surface area is 73.6 Å². The molecule has 0 unspecified atom stereocenters. The number of hydrogen-bond acceptors (Lipinski definition) is 2. The number of aromatic nitrogens is 2. The molecule has 0 aliphatic rings. The van der Waals surface area contributed by atoms with Gasteiger partial charge in [0.25, 0.3) is 0 Å². The molecule has 0 aliphatic carbocycles. The highest BCUT2D eigenvalue weighted by Crippen LogP contribution is 2.05. The van der Waals surface area contributed by atoms with Crippen molar-refractivity contribution >= 4 is 0 Å². The van der Waals surface area contributed by atoms with Crippen molar-refractivity contribution in [3.63, 3.8) is 0 Å². The molecule has 12 heavy (non-hydrogen) atoms. The summed E-state index contributed by atoms with van der Waals surface area (Å²) < 4.78 is 1.95. The molecule has 0 saturated carbocycles. The van der Waals surface area contributed by atoms with Crippen LogP contribution in [0, 0.1) is 6.92 Å². The zero-order chi connectivity index (χ0) is 8.97. The van der Waals surface area contributed by atoms with Crippen molar-refractivity contribution in [3.8, 4) is 0 Å². The summed E-state index contributed by atoms with van der Waals surface area (Å²) in [7, 11) is 1.99. The molecule has 1 heterocycles. The van der Waals surface area contributed by atoms with E-state index in [1.54, 1.807) is 0 Å². The zero-order valence-electron chi connectivity index (χ0n) is 7.88. The van der Waals surface area contributed by atoms with Crippen LogP contribution in [-0.4, -0.2) is 16.3 Å². The summed E-state index contributed by atoms with van der Waals surface area (Å²) in [6.07, 6.45) is 3.36. The smallest absolute Gasteiger partial charge is 0.0596 e. The molecule has 68 valence electrons. The van der Waals surface area contributed by atoms with Crippen LogP contribution in [0.2, 0.25) is 0 Å². The van der Waals surface area contributed by atoms with E-state index in [4.69, 9.17) is 5.73 Å². The van der Waals surface area contributed by atoms with Crippen LogP contribution in [0.5, 0.6) is 0 Å². The topological polar surface area (TPSA) is 43.8 Å². The Kier molecular flexibility index (Phi) is 3.29. The fraction of sp³-hybridized carbons (Fsp3) is 0.667. The van der Waals surface area contributed by atoms with Crippen LogP contribution in [0.25, 0.3) is 0 Å². The van der Waals surface area contributed by atoms with E-state index in [1.165, 1.54) is 5.69 Å². The van der Waals surface area contributed by atoms with E-state index >= 15 is 0 Å². The Balaban J connectivity index is 2.45. The maximum atomic E-state index is 5.41. The minimum atomic E-state index is 0.789. The lowest BCUT2D eigenvalue weighted by molar-refractivity contribution is 0.661. The largest absolute Gasteiger partial charge is 0.330 e. The molecule has 0 amide bonds. The van der Waals surface area contributed by atoms with E-state index in [2.05, 4.69) is 11.2 Å². The molecule has 3 nitrogen and oxygen atoms in total. The first-order chi connectivity index (χ1) is 5.74. The van der Waals surface area contributed by atoms with Gasteiger partial charge >= 0.3 is 0 Å². The molecule has 3 heteroatoms. The highest BCUT2D eigenvalue weighted by molar-refractivity contribution is 5.08.